The Morgan fingerprint density at radius 3 is 1.82 bits per heavy atom. The Balaban J connectivity index is 0.933. The Kier molecular flexibility index (Phi) is 7.75. The highest BCUT2D eigenvalue weighted by molar-refractivity contribution is 6.12. The SMILES string of the molecule is C1=CC(c2ccc(C3=CC(c4ccc(-n5c6ccccc6c6cc7c(cc65)-c5ccccc5C75c6ccccc6-c6ccccc65)cc4)NC(c4ccccc4)N3)cc2)=CNC1. The quantitative estimate of drug-likeness (QED) is 0.163. The van der Waals surface area contributed by atoms with Gasteiger partial charge in [0, 0.05) is 34.9 Å². The van der Waals surface area contributed by atoms with Crippen LogP contribution in [0.5, 0.6) is 0 Å². The maximum absolute atomic E-state index is 3.92. The Bertz CT molecular complexity index is 3300. The van der Waals surface area contributed by atoms with Crippen molar-refractivity contribution in [2.24, 2.45) is 0 Å². The van der Waals surface area contributed by atoms with Crippen molar-refractivity contribution in [3.05, 3.63) is 257 Å². The molecule has 0 bridgehead atoms. The van der Waals surface area contributed by atoms with Gasteiger partial charge >= 0.3 is 0 Å². The predicted molar refractivity (Wildman–Crippen MR) is 255 cm³/mol. The summed E-state index contributed by atoms with van der Waals surface area (Å²) >= 11 is 0. The van der Waals surface area contributed by atoms with E-state index < -0.39 is 0 Å². The van der Waals surface area contributed by atoms with Crippen LogP contribution in [0.3, 0.4) is 0 Å². The van der Waals surface area contributed by atoms with Gasteiger partial charge in [0.25, 0.3) is 0 Å². The van der Waals surface area contributed by atoms with E-state index in [4.69, 9.17) is 0 Å². The van der Waals surface area contributed by atoms with Crippen molar-refractivity contribution in [1.82, 2.24) is 20.5 Å². The summed E-state index contributed by atoms with van der Waals surface area (Å²) in [6.07, 6.45) is 8.72. The smallest absolute Gasteiger partial charge is 0.104 e. The average Bonchev–Trinajstić information content (AvgIpc) is 3.95. The molecule has 4 heteroatoms. The van der Waals surface area contributed by atoms with E-state index in [1.54, 1.807) is 0 Å². The van der Waals surface area contributed by atoms with E-state index in [1.165, 1.54) is 88.6 Å². The van der Waals surface area contributed by atoms with E-state index in [0.29, 0.717) is 0 Å². The van der Waals surface area contributed by atoms with Gasteiger partial charge in [0.1, 0.15) is 6.17 Å². The van der Waals surface area contributed by atoms with Crippen molar-refractivity contribution >= 4 is 33.1 Å². The van der Waals surface area contributed by atoms with Crippen molar-refractivity contribution in [2.75, 3.05) is 6.54 Å². The molecule has 13 rings (SSSR count). The minimum atomic E-state index is -0.381. The number of nitrogens with one attached hydrogen (secondary N) is 3. The molecule has 3 heterocycles. The maximum atomic E-state index is 3.92. The molecule has 9 aromatic rings. The van der Waals surface area contributed by atoms with Crippen LogP contribution in [0.4, 0.5) is 0 Å². The minimum Gasteiger partial charge on any atom is -0.387 e. The second kappa shape index (κ2) is 13.7. The number of nitrogens with zero attached hydrogens (tertiary/aromatic N) is 1. The Labute approximate surface area is 361 Å². The summed E-state index contributed by atoms with van der Waals surface area (Å²) in [5.41, 5.74) is 21.0. The zero-order valence-electron chi connectivity index (χ0n) is 34.0. The van der Waals surface area contributed by atoms with E-state index in [9.17, 15) is 0 Å². The first kappa shape index (κ1) is 35.1. The molecule has 4 nitrogen and oxygen atoms in total. The number of allylic oxidation sites excluding steroid dienone is 2. The van der Waals surface area contributed by atoms with Crippen LogP contribution in [-0.4, -0.2) is 11.1 Å². The maximum Gasteiger partial charge on any atom is 0.104 e. The van der Waals surface area contributed by atoms with E-state index >= 15 is 0 Å². The van der Waals surface area contributed by atoms with Gasteiger partial charge in [0.05, 0.1) is 22.5 Å². The molecule has 1 spiro atoms. The molecule has 3 N–H and O–H groups in total. The van der Waals surface area contributed by atoms with Crippen molar-refractivity contribution < 1.29 is 0 Å². The molecule has 1 aromatic heterocycles. The van der Waals surface area contributed by atoms with Crippen LogP contribution in [-0.2, 0) is 5.41 Å². The molecular formula is C58H42N4. The van der Waals surface area contributed by atoms with Gasteiger partial charge in [-0.1, -0.05) is 170 Å². The summed E-state index contributed by atoms with van der Waals surface area (Å²) in [6, 6.07) is 69.9. The van der Waals surface area contributed by atoms with Gasteiger partial charge in [-0.3, -0.25) is 5.32 Å². The first-order valence-electron chi connectivity index (χ1n) is 21.7. The molecule has 2 aliphatic carbocycles. The largest absolute Gasteiger partial charge is 0.387 e. The normalized spacial score (nSPS) is 17.7. The fourth-order valence-electron chi connectivity index (χ4n) is 11.0. The van der Waals surface area contributed by atoms with Gasteiger partial charge < -0.3 is 15.2 Å². The third-order valence-corrected chi connectivity index (χ3v) is 13.7. The molecule has 0 fully saturated rings. The van der Waals surface area contributed by atoms with Crippen molar-refractivity contribution in [1.29, 1.82) is 0 Å². The van der Waals surface area contributed by atoms with E-state index in [0.717, 1.165) is 23.5 Å². The summed E-state index contributed by atoms with van der Waals surface area (Å²) in [5, 5.41) is 13.6. The third kappa shape index (κ3) is 5.11. The first-order valence-corrected chi connectivity index (χ1v) is 21.7. The molecule has 2 aliphatic heterocycles. The number of aromatic nitrogens is 1. The molecule has 2 atom stereocenters. The van der Waals surface area contributed by atoms with Gasteiger partial charge in [-0.15, -0.1) is 0 Å². The van der Waals surface area contributed by atoms with Crippen molar-refractivity contribution in [3.63, 3.8) is 0 Å². The predicted octanol–water partition coefficient (Wildman–Crippen LogP) is 12.6. The zero-order chi connectivity index (χ0) is 40.8. The lowest BCUT2D eigenvalue weighted by Crippen LogP contribution is -2.39. The minimum absolute atomic E-state index is 0.00959. The standard InChI is InChI=1S/C58H42N4/c1-2-13-40(14-3-1)57-60-53(38-26-24-37(25-27-38)41-15-12-32-59-36-41)35-54(61-57)39-28-30-42(31-29-39)62-55-23-11-7-19-46(55)48-33-52-47(34-56(48)62)45-18-6-10-22-51(45)58(52)49-20-8-4-16-43(49)44-17-5-9-21-50(44)58/h1-31,33-36,54,57,59-61H,32H2. The van der Waals surface area contributed by atoms with Crippen molar-refractivity contribution in [2.45, 2.75) is 17.6 Å². The van der Waals surface area contributed by atoms with Crippen molar-refractivity contribution in [3.8, 4) is 27.9 Å². The topological polar surface area (TPSA) is 41.0 Å². The highest BCUT2D eigenvalue weighted by Gasteiger charge is 2.51. The van der Waals surface area contributed by atoms with Gasteiger partial charge in [-0.05, 0) is 109 Å². The Hall–Kier alpha value is -7.66. The number of rotatable bonds is 5. The Morgan fingerprint density at radius 1 is 0.500 bits per heavy atom. The molecule has 0 saturated carbocycles. The van der Waals surface area contributed by atoms with Crippen LogP contribution in [0.2, 0.25) is 0 Å². The number of hydrogen-bond donors (Lipinski definition) is 3. The van der Waals surface area contributed by atoms with Crippen LogP contribution < -0.4 is 16.0 Å². The van der Waals surface area contributed by atoms with Crippen LogP contribution in [0.1, 0.15) is 56.7 Å². The van der Waals surface area contributed by atoms with Gasteiger partial charge in [-0.2, -0.15) is 0 Å². The summed E-state index contributed by atoms with van der Waals surface area (Å²) in [7, 11) is 0. The highest BCUT2D eigenvalue weighted by Crippen LogP contribution is 2.63. The summed E-state index contributed by atoms with van der Waals surface area (Å²) in [5.74, 6) is 0. The Morgan fingerprint density at radius 2 is 1.13 bits per heavy atom. The average molecular weight is 795 g/mol. The van der Waals surface area contributed by atoms with Crippen LogP contribution in [0.25, 0.3) is 61.0 Å². The summed E-state index contributed by atoms with van der Waals surface area (Å²) in [4.78, 5) is 0. The number of benzene rings is 8. The van der Waals surface area contributed by atoms with Crippen LogP contribution in [0.15, 0.2) is 212 Å². The second-order valence-corrected chi connectivity index (χ2v) is 16.9. The summed E-state index contributed by atoms with van der Waals surface area (Å²) < 4.78 is 2.47. The molecular weight excluding hydrogens is 753 g/mol. The lowest BCUT2D eigenvalue weighted by atomic mass is 9.70. The molecule has 2 unspecified atom stereocenters. The first-order chi connectivity index (χ1) is 30.7. The van der Waals surface area contributed by atoms with Gasteiger partial charge in [0.15, 0.2) is 0 Å². The monoisotopic (exact) mass is 794 g/mol. The number of hydrogen-bond acceptors (Lipinski definition) is 3. The molecule has 0 saturated heterocycles. The molecule has 4 aliphatic rings. The molecule has 294 valence electrons. The number of para-hydroxylation sites is 1. The molecule has 0 radical (unpaired) electrons. The lowest BCUT2D eigenvalue weighted by molar-refractivity contribution is 0.442. The molecule has 62 heavy (non-hydrogen) atoms. The summed E-state index contributed by atoms with van der Waals surface area (Å²) in [6.45, 7) is 0.871. The number of fused-ring (bicyclic) bond motifs is 13. The lowest BCUT2D eigenvalue weighted by Gasteiger charge is -2.33. The van der Waals surface area contributed by atoms with E-state index in [1.807, 2.05) is 0 Å². The second-order valence-electron chi connectivity index (χ2n) is 16.9. The highest BCUT2D eigenvalue weighted by atomic mass is 15.2. The van der Waals surface area contributed by atoms with Gasteiger partial charge in [-0.25, -0.2) is 0 Å². The van der Waals surface area contributed by atoms with E-state index in [-0.39, 0.29) is 17.6 Å². The van der Waals surface area contributed by atoms with Crippen LogP contribution in [0, 0.1) is 0 Å². The number of dihydropyridines is 1. The van der Waals surface area contributed by atoms with Crippen LogP contribution >= 0.6 is 0 Å². The fourth-order valence-corrected chi connectivity index (χ4v) is 11.0. The van der Waals surface area contributed by atoms with E-state index in [2.05, 4.69) is 233 Å². The van der Waals surface area contributed by atoms with Gasteiger partial charge in [0.2, 0.25) is 0 Å². The molecule has 0 amide bonds. The molecule has 8 aromatic carbocycles. The zero-order valence-corrected chi connectivity index (χ0v) is 34.0. The fraction of sp³-hybridized carbons (Fsp3) is 0.0690. The third-order valence-electron chi connectivity index (χ3n) is 13.7.